The van der Waals surface area contributed by atoms with Crippen molar-refractivity contribution >= 4 is 39.6 Å². The fraction of sp³-hybridized carbons (Fsp3) is 0.100. The first-order valence-electron chi connectivity index (χ1n) is 8.57. The summed E-state index contributed by atoms with van der Waals surface area (Å²) in [6.45, 7) is 3.74. The topological polar surface area (TPSA) is 124 Å². The fourth-order valence-electron chi connectivity index (χ4n) is 3.55. The highest BCUT2D eigenvalue weighted by atomic mass is 16.6. The number of anilines is 1. The van der Waals surface area contributed by atoms with E-state index in [1.54, 1.807) is 18.2 Å². The second-order valence-corrected chi connectivity index (χ2v) is 6.74. The number of nitro benzene ring substituents is 2. The van der Waals surface area contributed by atoms with Crippen LogP contribution in [0.1, 0.15) is 31.8 Å². The first kappa shape index (κ1) is 18.2. The highest BCUT2D eigenvalue weighted by Gasteiger charge is 2.38. The van der Waals surface area contributed by atoms with Gasteiger partial charge in [-0.15, -0.1) is 0 Å². The number of hydrogen-bond acceptors (Lipinski definition) is 6. The van der Waals surface area contributed by atoms with Crippen molar-refractivity contribution in [1.29, 1.82) is 0 Å². The minimum Gasteiger partial charge on any atom is -0.268 e. The number of carbonyl (C=O) groups excluding carboxylic acids is 2. The molecule has 144 valence electrons. The summed E-state index contributed by atoms with van der Waals surface area (Å²) in [6.07, 6.45) is 0. The summed E-state index contributed by atoms with van der Waals surface area (Å²) in [7, 11) is 0. The van der Waals surface area contributed by atoms with Gasteiger partial charge in [-0.3, -0.25) is 29.8 Å². The minimum atomic E-state index is -0.763. The fourth-order valence-corrected chi connectivity index (χ4v) is 3.55. The van der Waals surface area contributed by atoms with E-state index in [1.807, 2.05) is 13.8 Å². The number of non-ortho nitro benzene ring substituents is 2. The van der Waals surface area contributed by atoms with E-state index in [-0.39, 0.29) is 21.9 Å². The highest BCUT2D eigenvalue weighted by molar-refractivity contribution is 6.37. The molecule has 1 aliphatic heterocycles. The van der Waals surface area contributed by atoms with Gasteiger partial charge in [0.05, 0.1) is 15.5 Å². The lowest BCUT2D eigenvalue weighted by molar-refractivity contribution is -0.390. The van der Waals surface area contributed by atoms with Crippen molar-refractivity contribution < 1.29 is 19.4 Å². The molecule has 0 fully saturated rings. The lowest BCUT2D eigenvalue weighted by Gasteiger charge is -2.27. The molecule has 0 saturated carbocycles. The molecule has 1 aliphatic rings. The average molecular weight is 391 g/mol. The van der Waals surface area contributed by atoms with Gasteiger partial charge in [0.15, 0.2) is 0 Å². The Morgan fingerprint density at radius 3 is 1.69 bits per heavy atom. The summed E-state index contributed by atoms with van der Waals surface area (Å²) in [5.41, 5.74) is 1.17. The molecule has 0 N–H and O–H groups in total. The predicted octanol–water partition coefficient (Wildman–Crippen LogP) is 4.07. The SMILES string of the molecule is Cc1ccc(N2C(=O)c3ccc([N+](=O)[O-])c4c([N+](=O)[O-])ccc(c34)C2=O)cc1C. The summed E-state index contributed by atoms with van der Waals surface area (Å²) in [5.74, 6) is -1.38. The molecule has 3 aromatic rings. The van der Waals surface area contributed by atoms with Crippen LogP contribution < -0.4 is 4.90 Å². The number of hydrogen-bond donors (Lipinski definition) is 0. The second kappa shape index (κ2) is 6.20. The van der Waals surface area contributed by atoms with Crippen LogP contribution >= 0.6 is 0 Å². The van der Waals surface area contributed by atoms with Gasteiger partial charge >= 0.3 is 0 Å². The van der Waals surface area contributed by atoms with Crippen molar-refractivity contribution in [3.8, 4) is 0 Å². The molecule has 0 radical (unpaired) electrons. The quantitative estimate of drug-likeness (QED) is 0.376. The van der Waals surface area contributed by atoms with Gasteiger partial charge in [0, 0.05) is 28.6 Å². The minimum absolute atomic E-state index is 0.00197. The van der Waals surface area contributed by atoms with Crippen LogP contribution in [-0.2, 0) is 0 Å². The summed E-state index contributed by atoms with van der Waals surface area (Å²) in [5, 5.41) is 22.5. The molecule has 29 heavy (non-hydrogen) atoms. The molecule has 4 rings (SSSR count). The van der Waals surface area contributed by atoms with Crippen LogP contribution in [0.4, 0.5) is 17.1 Å². The van der Waals surface area contributed by atoms with E-state index in [2.05, 4.69) is 0 Å². The summed E-state index contributed by atoms with van der Waals surface area (Å²) in [4.78, 5) is 48.6. The Labute approximate surface area is 163 Å². The molecule has 9 nitrogen and oxygen atoms in total. The zero-order chi connectivity index (χ0) is 21.0. The second-order valence-electron chi connectivity index (χ2n) is 6.74. The summed E-state index contributed by atoms with van der Waals surface area (Å²) in [6, 6.07) is 9.69. The Hall–Kier alpha value is -4.14. The lowest BCUT2D eigenvalue weighted by atomic mass is 9.91. The Balaban J connectivity index is 2.05. The van der Waals surface area contributed by atoms with Gasteiger partial charge in [-0.25, -0.2) is 4.90 Å². The van der Waals surface area contributed by atoms with Gasteiger partial charge in [0.2, 0.25) is 0 Å². The number of rotatable bonds is 3. The maximum Gasteiger partial charge on any atom is 0.284 e. The largest absolute Gasteiger partial charge is 0.284 e. The van der Waals surface area contributed by atoms with Crippen LogP contribution in [0.3, 0.4) is 0 Å². The van der Waals surface area contributed by atoms with Gasteiger partial charge in [-0.1, -0.05) is 6.07 Å². The van der Waals surface area contributed by atoms with Gasteiger partial charge in [0.1, 0.15) is 5.39 Å². The number of nitro groups is 2. The van der Waals surface area contributed by atoms with Crippen molar-refractivity contribution in [1.82, 2.24) is 0 Å². The molecule has 9 heteroatoms. The molecule has 0 aliphatic carbocycles. The molecule has 0 saturated heterocycles. The smallest absolute Gasteiger partial charge is 0.268 e. The molecule has 3 aromatic carbocycles. The van der Waals surface area contributed by atoms with Crippen molar-refractivity contribution in [2.45, 2.75) is 13.8 Å². The van der Waals surface area contributed by atoms with E-state index in [0.717, 1.165) is 28.2 Å². The Bertz CT molecular complexity index is 1210. The molecule has 0 bridgehead atoms. The molecule has 1 heterocycles. The number of aryl methyl sites for hydroxylation is 2. The normalized spacial score (nSPS) is 13.1. The monoisotopic (exact) mass is 391 g/mol. The first-order valence-corrected chi connectivity index (χ1v) is 8.57. The Kier molecular flexibility index (Phi) is 3.90. The lowest BCUT2D eigenvalue weighted by Crippen LogP contribution is -2.40. The Morgan fingerprint density at radius 2 is 1.24 bits per heavy atom. The van der Waals surface area contributed by atoms with Crippen molar-refractivity contribution in [3.63, 3.8) is 0 Å². The predicted molar refractivity (Wildman–Crippen MR) is 104 cm³/mol. The number of carbonyl (C=O) groups is 2. The Morgan fingerprint density at radius 1 is 0.724 bits per heavy atom. The number of benzene rings is 3. The highest BCUT2D eigenvalue weighted by Crippen LogP contribution is 2.41. The average Bonchev–Trinajstić information content (AvgIpc) is 2.67. The van der Waals surface area contributed by atoms with E-state index in [9.17, 15) is 29.8 Å². The van der Waals surface area contributed by atoms with Crippen LogP contribution in [0.15, 0.2) is 42.5 Å². The molecule has 0 unspecified atom stereocenters. The molecular formula is C20H13N3O6. The molecule has 0 aromatic heterocycles. The first-order chi connectivity index (χ1) is 13.7. The van der Waals surface area contributed by atoms with Gasteiger partial charge in [-0.05, 0) is 49.2 Å². The maximum atomic E-state index is 13.1. The van der Waals surface area contributed by atoms with E-state index in [1.165, 1.54) is 12.1 Å². The molecule has 0 spiro atoms. The summed E-state index contributed by atoms with van der Waals surface area (Å²) >= 11 is 0. The molecular weight excluding hydrogens is 378 g/mol. The van der Waals surface area contributed by atoms with Crippen LogP contribution in [0.5, 0.6) is 0 Å². The zero-order valence-corrected chi connectivity index (χ0v) is 15.3. The number of amides is 2. The van der Waals surface area contributed by atoms with Gasteiger partial charge in [0.25, 0.3) is 23.2 Å². The third kappa shape index (κ3) is 2.55. The van der Waals surface area contributed by atoms with Crippen LogP contribution in [0.25, 0.3) is 10.8 Å². The van der Waals surface area contributed by atoms with E-state index in [4.69, 9.17) is 0 Å². The van der Waals surface area contributed by atoms with Crippen molar-refractivity contribution in [2.75, 3.05) is 4.90 Å². The van der Waals surface area contributed by atoms with Crippen LogP contribution in [0.2, 0.25) is 0 Å². The van der Waals surface area contributed by atoms with Gasteiger partial charge in [-0.2, -0.15) is 0 Å². The van der Waals surface area contributed by atoms with Crippen LogP contribution in [-0.4, -0.2) is 21.7 Å². The van der Waals surface area contributed by atoms with E-state index in [0.29, 0.717) is 5.69 Å². The van der Waals surface area contributed by atoms with Crippen molar-refractivity contribution in [3.05, 3.63) is 84.9 Å². The van der Waals surface area contributed by atoms with Crippen LogP contribution in [0, 0.1) is 34.1 Å². The van der Waals surface area contributed by atoms with E-state index < -0.39 is 33.0 Å². The number of nitrogens with zero attached hydrogens (tertiary/aromatic N) is 3. The van der Waals surface area contributed by atoms with Gasteiger partial charge < -0.3 is 0 Å². The van der Waals surface area contributed by atoms with E-state index >= 15 is 0 Å². The molecule has 0 atom stereocenters. The molecule has 2 amide bonds. The number of imide groups is 1. The third-order valence-corrected chi connectivity index (χ3v) is 5.13. The standard InChI is InChI=1S/C20H13N3O6/c1-10-3-4-12(9-11(10)2)21-19(24)13-5-7-15(22(26)27)18-16(23(28)29)8-6-14(17(13)18)20(21)25/h3-9H,1-2H3. The van der Waals surface area contributed by atoms with Crippen molar-refractivity contribution in [2.24, 2.45) is 0 Å². The summed E-state index contributed by atoms with van der Waals surface area (Å²) < 4.78 is 0. The zero-order valence-electron chi connectivity index (χ0n) is 15.3. The maximum absolute atomic E-state index is 13.1. The third-order valence-electron chi connectivity index (χ3n) is 5.13.